The fraction of sp³-hybridized carbons (Fsp3) is 0.190. The Morgan fingerprint density at radius 2 is 1.79 bits per heavy atom. The monoisotopic (exact) mass is 442 g/mol. The van der Waals surface area contributed by atoms with Gasteiger partial charge >= 0.3 is 5.97 Å². The number of nitrogens with zero attached hydrogens (tertiary/aromatic N) is 1. The van der Waals surface area contributed by atoms with Crippen LogP contribution in [0.1, 0.15) is 33.9 Å². The number of halogens is 1. The maximum Gasteiger partial charge on any atom is 0.333 e. The molecule has 0 aliphatic carbocycles. The highest BCUT2D eigenvalue weighted by molar-refractivity contribution is 9.10. The van der Waals surface area contributed by atoms with Crippen LogP contribution in [0, 0.1) is 0 Å². The first kappa shape index (κ1) is 19.8. The molecule has 0 radical (unpaired) electrons. The maximum atomic E-state index is 12.5. The van der Waals surface area contributed by atoms with E-state index in [9.17, 15) is 14.4 Å². The summed E-state index contributed by atoms with van der Waals surface area (Å²) in [5, 5.41) is 2.68. The molecule has 2 aromatic carbocycles. The Labute approximate surface area is 171 Å². The van der Waals surface area contributed by atoms with Crippen molar-refractivity contribution >= 4 is 39.4 Å². The maximum absolute atomic E-state index is 12.5. The minimum atomic E-state index is -0.916. The normalized spacial score (nSPS) is 13.9. The predicted molar refractivity (Wildman–Crippen MR) is 108 cm³/mol. The first-order chi connectivity index (χ1) is 13.4. The summed E-state index contributed by atoms with van der Waals surface area (Å²) in [6.07, 6.45) is 0.0305. The van der Waals surface area contributed by atoms with Gasteiger partial charge in [-0.15, -0.1) is 0 Å². The van der Waals surface area contributed by atoms with E-state index in [4.69, 9.17) is 4.74 Å². The van der Waals surface area contributed by atoms with Crippen LogP contribution in [0.4, 0.5) is 0 Å². The van der Waals surface area contributed by atoms with Crippen LogP contribution in [-0.4, -0.2) is 36.3 Å². The minimum absolute atomic E-state index is 0.0305. The molecule has 1 unspecified atom stereocenters. The van der Waals surface area contributed by atoms with Crippen molar-refractivity contribution in [2.45, 2.75) is 12.5 Å². The number of carbonyl (C=O) groups is 3. The highest BCUT2D eigenvalue weighted by Crippen LogP contribution is 2.31. The van der Waals surface area contributed by atoms with Gasteiger partial charge in [-0.25, -0.2) is 4.79 Å². The molecule has 144 valence electrons. The van der Waals surface area contributed by atoms with Crippen molar-refractivity contribution in [3.8, 4) is 0 Å². The lowest BCUT2D eigenvalue weighted by molar-refractivity contribution is -0.145. The quantitative estimate of drug-likeness (QED) is 0.696. The van der Waals surface area contributed by atoms with Crippen molar-refractivity contribution in [2.24, 2.45) is 0 Å². The number of rotatable bonds is 6. The summed E-state index contributed by atoms with van der Waals surface area (Å²) >= 11 is 3.34. The van der Waals surface area contributed by atoms with Crippen LogP contribution in [0.2, 0.25) is 0 Å². The first-order valence-corrected chi connectivity index (χ1v) is 9.44. The van der Waals surface area contributed by atoms with E-state index >= 15 is 0 Å². The van der Waals surface area contributed by atoms with Crippen LogP contribution in [0.15, 0.2) is 59.6 Å². The topological polar surface area (TPSA) is 75.7 Å². The van der Waals surface area contributed by atoms with Crippen molar-refractivity contribution in [1.82, 2.24) is 10.2 Å². The van der Waals surface area contributed by atoms with Crippen LogP contribution in [0.5, 0.6) is 0 Å². The molecule has 0 fully saturated rings. The fourth-order valence-electron chi connectivity index (χ4n) is 3.07. The average molecular weight is 443 g/mol. The van der Waals surface area contributed by atoms with E-state index in [0.29, 0.717) is 16.8 Å². The molecule has 2 aromatic rings. The summed E-state index contributed by atoms with van der Waals surface area (Å²) in [4.78, 5) is 38.6. The average Bonchev–Trinajstić information content (AvgIpc) is 2.95. The highest BCUT2D eigenvalue weighted by atomic mass is 79.9. The lowest BCUT2D eigenvalue weighted by atomic mass is 10.1. The minimum Gasteiger partial charge on any atom is -0.467 e. The lowest BCUT2D eigenvalue weighted by Crippen LogP contribution is -2.36. The molecule has 0 spiro atoms. The van der Waals surface area contributed by atoms with Crippen molar-refractivity contribution < 1.29 is 19.1 Å². The molecule has 28 heavy (non-hydrogen) atoms. The molecular weight excluding hydrogens is 424 g/mol. The third-order valence-electron chi connectivity index (χ3n) is 4.55. The summed E-state index contributed by atoms with van der Waals surface area (Å²) in [5.41, 5.74) is 2.54. The Bertz CT molecular complexity index is 905. The van der Waals surface area contributed by atoms with Gasteiger partial charge in [0.1, 0.15) is 0 Å². The third kappa shape index (κ3) is 3.99. The molecule has 6 nitrogen and oxygen atoms in total. The zero-order valence-corrected chi connectivity index (χ0v) is 16.9. The SMILES string of the molecule is C=C1c2ccccc2C(=O)N1CCC(=O)NC(C(=O)OC)c1ccc(Br)cc1. The number of nitrogens with one attached hydrogen (secondary N) is 1. The zero-order chi connectivity index (χ0) is 20.3. The number of carbonyl (C=O) groups excluding carboxylic acids is 3. The smallest absolute Gasteiger partial charge is 0.333 e. The number of fused-ring (bicyclic) bond motifs is 1. The molecule has 2 amide bonds. The van der Waals surface area contributed by atoms with Gasteiger partial charge < -0.3 is 15.0 Å². The number of amides is 2. The van der Waals surface area contributed by atoms with Gasteiger partial charge in [-0.2, -0.15) is 0 Å². The van der Waals surface area contributed by atoms with Gasteiger partial charge in [-0.1, -0.05) is 52.8 Å². The van der Waals surface area contributed by atoms with Crippen LogP contribution in [-0.2, 0) is 14.3 Å². The second kappa shape index (κ2) is 8.39. The molecule has 1 aliphatic rings. The number of benzene rings is 2. The second-order valence-corrected chi connectivity index (χ2v) is 7.19. The summed E-state index contributed by atoms with van der Waals surface area (Å²) in [6, 6.07) is 13.3. The van der Waals surface area contributed by atoms with Gasteiger partial charge in [-0.3, -0.25) is 9.59 Å². The predicted octanol–water partition coefficient (Wildman–Crippen LogP) is 3.30. The van der Waals surface area contributed by atoms with Crippen LogP contribution >= 0.6 is 15.9 Å². The Morgan fingerprint density at radius 3 is 2.39 bits per heavy atom. The molecule has 1 heterocycles. The number of ether oxygens (including phenoxy) is 1. The van der Waals surface area contributed by atoms with E-state index in [1.807, 2.05) is 12.1 Å². The van der Waals surface area contributed by atoms with E-state index < -0.39 is 12.0 Å². The van der Waals surface area contributed by atoms with Crippen molar-refractivity contribution in [2.75, 3.05) is 13.7 Å². The standard InChI is InChI=1S/C21H19BrN2O4/c1-13-16-5-3-4-6-17(16)20(26)24(13)12-11-18(25)23-19(21(27)28-2)14-7-9-15(22)10-8-14/h3-10,19H,1,11-12H2,2H3,(H,23,25). The van der Waals surface area contributed by atoms with Crippen molar-refractivity contribution in [3.05, 3.63) is 76.3 Å². The number of methoxy groups -OCH3 is 1. The van der Waals surface area contributed by atoms with Crippen LogP contribution in [0.25, 0.3) is 5.70 Å². The van der Waals surface area contributed by atoms with Crippen molar-refractivity contribution in [1.29, 1.82) is 0 Å². The third-order valence-corrected chi connectivity index (χ3v) is 5.08. The van der Waals surface area contributed by atoms with E-state index in [-0.39, 0.29) is 24.8 Å². The van der Waals surface area contributed by atoms with E-state index in [0.717, 1.165) is 10.0 Å². The Hall–Kier alpha value is -2.93. The number of esters is 1. The molecule has 0 bridgehead atoms. The number of hydrogen-bond acceptors (Lipinski definition) is 4. The Kier molecular flexibility index (Phi) is 5.94. The van der Waals surface area contributed by atoms with Gasteiger partial charge in [0.25, 0.3) is 5.91 Å². The lowest BCUT2D eigenvalue weighted by Gasteiger charge is -2.20. The summed E-state index contributed by atoms with van der Waals surface area (Å²) in [7, 11) is 1.27. The summed E-state index contributed by atoms with van der Waals surface area (Å²) < 4.78 is 5.67. The molecule has 7 heteroatoms. The van der Waals surface area contributed by atoms with E-state index in [2.05, 4.69) is 27.8 Å². The first-order valence-electron chi connectivity index (χ1n) is 8.65. The highest BCUT2D eigenvalue weighted by Gasteiger charge is 2.31. The molecule has 1 aliphatic heterocycles. The molecule has 1 atom stereocenters. The molecular formula is C21H19BrN2O4. The molecule has 1 N–H and O–H groups in total. The van der Waals surface area contributed by atoms with Crippen LogP contribution < -0.4 is 5.32 Å². The summed E-state index contributed by atoms with van der Waals surface area (Å²) in [6.45, 7) is 4.13. The van der Waals surface area contributed by atoms with Crippen LogP contribution in [0.3, 0.4) is 0 Å². The van der Waals surface area contributed by atoms with Gasteiger partial charge in [0.2, 0.25) is 5.91 Å². The number of hydrogen-bond donors (Lipinski definition) is 1. The zero-order valence-electron chi connectivity index (χ0n) is 15.3. The molecule has 0 aromatic heterocycles. The van der Waals surface area contributed by atoms with E-state index in [1.165, 1.54) is 12.0 Å². The van der Waals surface area contributed by atoms with Gasteiger partial charge in [0.15, 0.2) is 6.04 Å². The second-order valence-electron chi connectivity index (χ2n) is 6.27. The van der Waals surface area contributed by atoms with Crippen molar-refractivity contribution in [3.63, 3.8) is 0 Å². The summed E-state index contributed by atoms with van der Waals surface area (Å²) in [5.74, 6) is -1.11. The Morgan fingerprint density at radius 1 is 1.14 bits per heavy atom. The Balaban J connectivity index is 1.66. The fourth-order valence-corrected chi connectivity index (χ4v) is 3.33. The van der Waals surface area contributed by atoms with E-state index in [1.54, 1.807) is 36.4 Å². The molecule has 0 saturated carbocycles. The largest absolute Gasteiger partial charge is 0.467 e. The molecule has 0 saturated heterocycles. The van der Waals surface area contributed by atoms with Gasteiger partial charge in [0.05, 0.1) is 7.11 Å². The molecule has 3 rings (SSSR count). The van der Waals surface area contributed by atoms with Gasteiger partial charge in [-0.05, 0) is 23.8 Å². The van der Waals surface area contributed by atoms with Gasteiger partial charge in [0, 0.05) is 34.3 Å².